The van der Waals surface area contributed by atoms with Gasteiger partial charge in [-0.2, -0.15) is 0 Å². The quantitative estimate of drug-likeness (QED) is 0.839. The van der Waals surface area contributed by atoms with Crippen molar-refractivity contribution in [1.29, 1.82) is 0 Å². The van der Waals surface area contributed by atoms with Crippen LogP contribution in [0.2, 0.25) is 0 Å². The molecule has 0 fully saturated rings. The molecular formula is C13H21BrClNO. The van der Waals surface area contributed by atoms with Crippen LogP contribution < -0.4 is 10.5 Å². The summed E-state index contributed by atoms with van der Waals surface area (Å²) in [5.74, 6) is 0.911. The van der Waals surface area contributed by atoms with Gasteiger partial charge in [-0.25, -0.2) is 0 Å². The zero-order chi connectivity index (χ0) is 12.0. The second-order valence-electron chi connectivity index (χ2n) is 3.86. The molecule has 0 saturated carbocycles. The van der Waals surface area contributed by atoms with Crippen molar-refractivity contribution >= 4 is 28.3 Å². The van der Waals surface area contributed by atoms with Gasteiger partial charge in [0.25, 0.3) is 0 Å². The van der Waals surface area contributed by atoms with Crippen molar-refractivity contribution in [2.75, 3.05) is 6.61 Å². The van der Waals surface area contributed by atoms with Crippen LogP contribution in [0.4, 0.5) is 0 Å². The molecule has 0 aliphatic rings. The van der Waals surface area contributed by atoms with Gasteiger partial charge in [-0.15, -0.1) is 12.4 Å². The van der Waals surface area contributed by atoms with Crippen molar-refractivity contribution in [3.05, 3.63) is 28.2 Å². The topological polar surface area (TPSA) is 35.2 Å². The van der Waals surface area contributed by atoms with Crippen LogP contribution in [0.3, 0.4) is 0 Å². The standard InChI is InChI=1S/C13H20BrNO.ClH/c1-3-5-6-12(15)11-9-10(14)7-8-13(11)16-4-2;/h7-9,12H,3-6,15H2,1-2H3;1H/t12-;/m0./s1. The van der Waals surface area contributed by atoms with Crippen molar-refractivity contribution in [1.82, 2.24) is 0 Å². The number of hydrogen-bond acceptors (Lipinski definition) is 2. The Morgan fingerprint density at radius 2 is 2.06 bits per heavy atom. The lowest BCUT2D eigenvalue weighted by Gasteiger charge is -2.16. The van der Waals surface area contributed by atoms with Crippen LogP contribution in [-0.4, -0.2) is 6.61 Å². The summed E-state index contributed by atoms with van der Waals surface area (Å²) in [6.45, 7) is 4.84. The molecule has 17 heavy (non-hydrogen) atoms. The van der Waals surface area contributed by atoms with Gasteiger partial charge in [0, 0.05) is 16.1 Å². The molecule has 0 aromatic heterocycles. The molecule has 0 bridgehead atoms. The van der Waals surface area contributed by atoms with Crippen LogP contribution in [0.1, 0.15) is 44.7 Å². The van der Waals surface area contributed by atoms with E-state index in [0.29, 0.717) is 6.61 Å². The lowest BCUT2D eigenvalue weighted by Crippen LogP contribution is -2.12. The van der Waals surface area contributed by atoms with E-state index in [1.807, 2.05) is 19.1 Å². The van der Waals surface area contributed by atoms with Crippen molar-refractivity contribution in [3.63, 3.8) is 0 Å². The Labute approximate surface area is 118 Å². The summed E-state index contributed by atoms with van der Waals surface area (Å²) < 4.78 is 6.65. The molecule has 1 rings (SSSR count). The average Bonchev–Trinajstić information content (AvgIpc) is 2.28. The zero-order valence-corrected chi connectivity index (χ0v) is 12.8. The van der Waals surface area contributed by atoms with E-state index in [9.17, 15) is 0 Å². The van der Waals surface area contributed by atoms with E-state index in [-0.39, 0.29) is 18.4 Å². The fourth-order valence-corrected chi connectivity index (χ4v) is 2.05. The second kappa shape index (κ2) is 8.78. The molecular weight excluding hydrogens is 302 g/mol. The van der Waals surface area contributed by atoms with Crippen LogP contribution in [0, 0.1) is 0 Å². The van der Waals surface area contributed by atoms with E-state index >= 15 is 0 Å². The molecule has 1 aromatic carbocycles. The highest BCUT2D eigenvalue weighted by Gasteiger charge is 2.12. The van der Waals surface area contributed by atoms with Gasteiger partial charge in [0.15, 0.2) is 0 Å². The second-order valence-corrected chi connectivity index (χ2v) is 4.78. The minimum absolute atomic E-state index is 0. The van der Waals surface area contributed by atoms with E-state index in [1.165, 1.54) is 6.42 Å². The maximum Gasteiger partial charge on any atom is 0.124 e. The highest BCUT2D eigenvalue weighted by molar-refractivity contribution is 9.10. The third-order valence-corrected chi connectivity index (χ3v) is 3.03. The molecule has 2 nitrogen and oxygen atoms in total. The third-order valence-electron chi connectivity index (χ3n) is 2.54. The monoisotopic (exact) mass is 321 g/mol. The molecule has 0 amide bonds. The number of unbranched alkanes of at least 4 members (excludes halogenated alkanes) is 1. The molecule has 98 valence electrons. The Bertz CT molecular complexity index is 333. The van der Waals surface area contributed by atoms with E-state index < -0.39 is 0 Å². The van der Waals surface area contributed by atoms with E-state index in [2.05, 4.69) is 28.9 Å². The summed E-state index contributed by atoms with van der Waals surface area (Å²) in [6.07, 6.45) is 3.33. The summed E-state index contributed by atoms with van der Waals surface area (Å²) in [4.78, 5) is 0. The number of ether oxygens (including phenoxy) is 1. The first kappa shape index (κ1) is 16.8. The molecule has 0 aliphatic carbocycles. The maximum absolute atomic E-state index is 6.18. The first-order valence-electron chi connectivity index (χ1n) is 5.86. The van der Waals surface area contributed by atoms with Crippen LogP contribution in [0.25, 0.3) is 0 Å². The maximum atomic E-state index is 6.18. The van der Waals surface area contributed by atoms with Gasteiger partial charge in [0.2, 0.25) is 0 Å². The summed E-state index contributed by atoms with van der Waals surface area (Å²) in [6, 6.07) is 6.10. The molecule has 0 aliphatic heterocycles. The van der Waals surface area contributed by atoms with Crippen LogP contribution in [0.5, 0.6) is 5.75 Å². The molecule has 1 atom stereocenters. The normalized spacial score (nSPS) is 11.8. The number of hydrogen-bond donors (Lipinski definition) is 1. The van der Waals surface area contributed by atoms with Crippen molar-refractivity contribution in [3.8, 4) is 5.75 Å². The minimum atomic E-state index is 0. The Kier molecular flexibility index (Phi) is 8.66. The predicted octanol–water partition coefficient (Wildman–Crippen LogP) is 4.46. The summed E-state index contributed by atoms with van der Waals surface area (Å²) >= 11 is 3.47. The molecule has 0 heterocycles. The lowest BCUT2D eigenvalue weighted by atomic mass is 10.0. The van der Waals surface area contributed by atoms with Crippen molar-refractivity contribution in [2.45, 2.75) is 39.2 Å². The van der Waals surface area contributed by atoms with Gasteiger partial charge in [0.1, 0.15) is 5.75 Å². The lowest BCUT2D eigenvalue weighted by molar-refractivity contribution is 0.333. The van der Waals surface area contributed by atoms with Crippen molar-refractivity contribution in [2.24, 2.45) is 5.73 Å². The smallest absolute Gasteiger partial charge is 0.124 e. The number of halogens is 2. The van der Waals surface area contributed by atoms with Gasteiger partial charge >= 0.3 is 0 Å². The summed E-state index contributed by atoms with van der Waals surface area (Å²) in [5, 5.41) is 0. The van der Waals surface area contributed by atoms with E-state index in [1.54, 1.807) is 0 Å². The van der Waals surface area contributed by atoms with Crippen LogP contribution >= 0.6 is 28.3 Å². The van der Waals surface area contributed by atoms with Gasteiger partial charge < -0.3 is 10.5 Å². The Morgan fingerprint density at radius 3 is 2.65 bits per heavy atom. The largest absolute Gasteiger partial charge is 0.494 e. The summed E-state index contributed by atoms with van der Waals surface area (Å²) in [7, 11) is 0. The van der Waals surface area contributed by atoms with Gasteiger partial charge in [-0.3, -0.25) is 0 Å². The predicted molar refractivity (Wildman–Crippen MR) is 79.0 cm³/mol. The highest BCUT2D eigenvalue weighted by Crippen LogP contribution is 2.29. The SMILES string of the molecule is CCCC[C@H](N)c1cc(Br)ccc1OCC.Cl. The first-order valence-corrected chi connectivity index (χ1v) is 6.66. The number of benzene rings is 1. The van der Waals surface area contributed by atoms with Gasteiger partial charge in [-0.05, 0) is 31.5 Å². The molecule has 2 N–H and O–H groups in total. The zero-order valence-electron chi connectivity index (χ0n) is 10.4. The first-order chi connectivity index (χ1) is 7.69. The number of rotatable bonds is 6. The number of nitrogens with two attached hydrogens (primary N) is 1. The van der Waals surface area contributed by atoms with Crippen LogP contribution in [-0.2, 0) is 0 Å². The molecule has 0 radical (unpaired) electrons. The Hall–Kier alpha value is -0.250. The molecule has 1 aromatic rings. The summed E-state index contributed by atoms with van der Waals surface area (Å²) in [5.41, 5.74) is 7.28. The third kappa shape index (κ3) is 5.28. The highest BCUT2D eigenvalue weighted by atomic mass is 79.9. The van der Waals surface area contributed by atoms with E-state index in [4.69, 9.17) is 10.5 Å². The van der Waals surface area contributed by atoms with Crippen molar-refractivity contribution < 1.29 is 4.74 Å². The fourth-order valence-electron chi connectivity index (χ4n) is 1.68. The van der Waals surface area contributed by atoms with E-state index in [0.717, 1.165) is 28.6 Å². The fraction of sp³-hybridized carbons (Fsp3) is 0.538. The minimum Gasteiger partial charge on any atom is -0.494 e. The van der Waals surface area contributed by atoms with Crippen LogP contribution in [0.15, 0.2) is 22.7 Å². The molecule has 0 unspecified atom stereocenters. The molecule has 0 spiro atoms. The Morgan fingerprint density at radius 1 is 1.35 bits per heavy atom. The van der Waals surface area contributed by atoms with Gasteiger partial charge in [-0.1, -0.05) is 35.7 Å². The Balaban J connectivity index is 0.00000256. The molecule has 4 heteroatoms. The average molecular weight is 323 g/mol. The van der Waals surface area contributed by atoms with Gasteiger partial charge in [0.05, 0.1) is 6.61 Å². The molecule has 0 saturated heterocycles.